The third kappa shape index (κ3) is 3.04. The van der Waals surface area contributed by atoms with Gasteiger partial charge in [0.15, 0.2) is 0 Å². The van der Waals surface area contributed by atoms with E-state index in [0.717, 1.165) is 6.42 Å². The fraction of sp³-hybridized carbons (Fsp3) is 0.688. The van der Waals surface area contributed by atoms with Gasteiger partial charge < -0.3 is 24.1 Å². The minimum Gasteiger partial charge on any atom is -0.426 e. The fourth-order valence-corrected chi connectivity index (χ4v) is 3.77. The number of ketones is 1. The van der Waals surface area contributed by atoms with Gasteiger partial charge in [0, 0.05) is 13.0 Å². The topological polar surface area (TPSA) is 117 Å². The van der Waals surface area contributed by atoms with Gasteiger partial charge in [0.05, 0.1) is 25.1 Å². The van der Waals surface area contributed by atoms with Gasteiger partial charge in [0.1, 0.15) is 11.3 Å². The van der Waals surface area contributed by atoms with Crippen molar-refractivity contribution in [1.82, 2.24) is 20.0 Å². The molecule has 1 spiro atoms. The second-order valence-corrected chi connectivity index (χ2v) is 6.87. The third-order valence-corrected chi connectivity index (χ3v) is 5.03. The number of β-lactam (4-membered cyclic amide) rings is 1. The molecule has 9 heteroatoms. The largest absolute Gasteiger partial charge is 0.426 e. The van der Waals surface area contributed by atoms with Crippen molar-refractivity contribution in [2.45, 2.75) is 51.3 Å². The van der Waals surface area contributed by atoms with Crippen molar-refractivity contribution in [3.63, 3.8) is 0 Å². The van der Waals surface area contributed by atoms with E-state index in [9.17, 15) is 19.5 Å². The Hall–Kier alpha value is -2.29. The van der Waals surface area contributed by atoms with Gasteiger partial charge in [0.25, 0.3) is 5.91 Å². The Morgan fingerprint density at radius 3 is 2.80 bits per heavy atom. The first-order chi connectivity index (χ1) is 11.8. The molecule has 3 heterocycles. The average molecular weight is 350 g/mol. The van der Waals surface area contributed by atoms with Gasteiger partial charge in [-0.1, -0.05) is 0 Å². The van der Waals surface area contributed by atoms with Crippen molar-refractivity contribution >= 4 is 17.6 Å². The quantitative estimate of drug-likeness (QED) is 0.703. The lowest BCUT2D eigenvalue weighted by Gasteiger charge is -2.51. The molecule has 0 aromatic carbocycles. The Labute approximate surface area is 145 Å². The van der Waals surface area contributed by atoms with Crippen molar-refractivity contribution in [1.29, 1.82) is 0 Å². The van der Waals surface area contributed by atoms with Crippen LogP contribution < -0.4 is 0 Å². The maximum atomic E-state index is 12.9. The molecule has 1 aromatic rings. The second kappa shape index (κ2) is 6.55. The van der Waals surface area contributed by atoms with Crippen molar-refractivity contribution in [2.75, 3.05) is 13.1 Å². The molecular formula is C16H22N4O5. The predicted octanol–water partition coefficient (Wildman–Crippen LogP) is -0.251. The van der Waals surface area contributed by atoms with Gasteiger partial charge >= 0.3 is 0 Å². The predicted molar refractivity (Wildman–Crippen MR) is 83.9 cm³/mol. The summed E-state index contributed by atoms with van der Waals surface area (Å²) in [7, 11) is 0. The molecule has 2 amide bonds. The summed E-state index contributed by atoms with van der Waals surface area (Å²) in [5.41, 5.74) is -0.860. The van der Waals surface area contributed by atoms with E-state index >= 15 is 0 Å². The van der Waals surface area contributed by atoms with Crippen LogP contribution in [0.15, 0.2) is 10.8 Å². The molecule has 136 valence electrons. The van der Waals surface area contributed by atoms with Crippen LogP contribution in [0.5, 0.6) is 0 Å². The summed E-state index contributed by atoms with van der Waals surface area (Å²) in [6.45, 7) is 3.96. The first kappa shape index (κ1) is 17.5. The Morgan fingerprint density at radius 1 is 1.48 bits per heavy atom. The lowest BCUT2D eigenvalue weighted by molar-refractivity contribution is -0.171. The molecule has 3 unspecified atom stereocenters. The Morgan fingerprint density at radius 2 is 2.24 bits per heavy atom. The number of hydrogen-bond acceptors (Lipinski definition) is 7. The molecule has 0 saturated carbocycles. The molecule has 2 aliphatic rings. The van der Waals surface area contributed by atoms with Crippen LogP contribution in [-0.4, -0.2) is 67.4 Å². The standard InChI is InChI=1S/C16H22N4O5/c1-10(21)6-12(11(2)22)14(23)20-5-3-4-16(20)8-19(15(16)24)7-13-18-17-9-25-13/h9,11-12,22H,3-8H2,1-2H3. The van der Waals surface area contributed by atoms with E-state index in [2.05, 4.69) is 10.2 Å². The zero-order chi connectivity index (χ0) is 18.2. The number of nitrogens with zero attached hydrogens (tertiary/aromatic N) is 4. The number of carbonyl (C=O) groups is 3. The minimum atomic E-state index is -0.946. The first-order valence-electron chi connectivity index (χ1n) is 8.38. The number of likely N-dealkylation sites (tertiary alicyclic amines) is 2. The van der Waals surface area contributed by atoms with Crippen LogP contribution in [0.2, 0.25) is 0 Å². The number of aromatic nitrogens is 2. The van der Waals surface area contributed by atoms with Gasteiger partial charge in [0.2, 0.25) is 18.2 Å². The third-order valence-electron chi connectivity index (χ3n) is 5.03. The van der Waals surface area contributed by atoms with E-state index < -0.39 is 17.6 Å². The Bertz CT molecular complexity index is 674. The first-order valence-corrected chi connectivity index (χ1v) is 8.38. The molecular weight excluding hydrogens is 328 g/mol. The molecule has 1 N–H and O–H groups in total. The maximum Gasteiger partial charge on any atom is 0.250 e. The molecule has 25 heavy (non-hydrogen) atoms. The average Bonchev–Trinajstić information content (AvgIpc) is 3.21. The van der Waals surface area contributed by atoms with Crippen LogP contribution in [0, 0.1) is 5.92 Å². The molecule has 0 aliphatic carbocycles. The molecule has 3 atom stereocenters. The van der Waals surface area contributed by atoms with E-state index in [0.29, 0.717) is 25.4 Å². The van der Waals surface area contributed by atoms with Gasteiger partial charge in [-0.25, -0.2) is 0 Å². The van der Waals surface area contributed by atoms with Gasteiger partial charge in [-0.05, 0) is 26.7 Å². The summed E-state index contributed by atoms with van der Waals surface area (Å²) < 4.78 is 5.06. The fourth-order valence-electron chi connectivity index (χ4n) is 3.77. The molecule has 3 rings (SSSR count). The molecule has 2 aliphatic heterocycles. The highest BCUT2D eigenvalue weighted by Gasteiger charge is 2.60. The molecule has 2 saturated heterocycles. The smallest absolute Gasteiger partial charge is 0.250 e. The van der Waals surface area contributed by atoms with Crippen LogP contribution in [0.25, 0.3) is 0 Å². The van der Waals surface area contributed by atoms with E-state index in [4.69, 9.17) is 4.42 Å². The van der Waals surface area contributed by atoms with Gasteiger partial charge in [-0.2, -0.15) is 0 Å². The number of Topliss-reactive ketones (excluding diaryl/α,β-unsaturated/α-hetero) is 1. The van der Waals surface area contributed by atoms with Crippen molar-refractivity contribution in [3.8, 4) is 0 Å². The maximum absolute atomic E-state index is 12.9. The highest BCUT2D eigenvalue weighted by molar-refractivity contribution is 5.98. The van der Waals surface area contributed by atoms with Crippen molar-refractivity contribution < 1.29 is 23.9 Å². The van der Waals surface area contributed by atoms with E-state index in [1.54, 1.807) is 9.80 Å². The number of amides is 2. The number of aliphatic hydroxyl groups excluding tert-OH is 1. The summed E-state index contributed by atoms with van der Waals surface area (Å²) >= 11 is 0. The van der Waals surface area contributed by atoms with Crippen LogP contribution >= 0.6 is 0 Å². The summed E-state index contributed by atoms with van der Waals surface area (Å²) in [5, 5.41) is 17.3. The highest BCUT2D eigenvalue weighted by atomic mass is 16.4. The summed E-state index contributed by atoms with van der Waals surface area (Å²) in [6, 6.07) is 0. The minimum absolute atomic E-state index is 0.0248. The zero-order valence-corrected chi connectivity index (χ0v) is 14.3. The van der Waals surface area contributed by atoms with E-state index in [-0.39, 0.29) is 30.6 Å². The van der Waals surface area contributed by atoms with Gasteiger partial charge in [-0.3, -0.25) is 9.59 Å². The lowest BCUT2D eigenvalue weighted by atomic mass is 9.84. The monoisotopic (exact) mass is 350 g/mol. The zero-order valence-electron chi connectivity index (χ0n) is 14.3. The second-order valence-electron chi connectivity index (χ2n) is 6.87. The molecule has 1 aromatic heterocycles. The van der Waals surface area contributed by atoms with Crippen LogP contribution in [0.3, 0.4) is 0 Å². The highest BCUT2D eigenvalue weighted by Crippen LogP contribution is 2.40. The number of aliphatic hydroxyl groups is 1. The van der Waals surface area contributed by atoms with E-state index in [1.165, 1.54) is 20.2 Å². The lowest BCUT2D eigenvalue weighted by Crippen LogP contribution is -2.73. The van der Waals surface area contributed by atoms with Gasteiger partial charge in [-0.15, -0.1) is 10.2 Å². The molecule has 0 radical (unpaired) electrons. The number of rotatable bonds is 6. The summed E-state index contributed by atoms with van der Waals surface area (Å²) in [5.74, 6) is -1.11. The van der Waals surface area contributed by atoms with Crippen LogP contribution in [-0.2, 0) is 20.9 Å². The number of hydrogen-bond donors (Lipinski definition) is 1. The molecule has 9 nitrogen and oxygen atoms in total. The Kier molecular flexibility index (Phi) is 4.59. The van der Waals surface area contributed by atoms with Crippen LogP contribution in [0.1, 0.15) is 39.0 Å². The van der Waals surface area contributed by atoms with E-state index in [1.807, 2.05) is 0 Å². The Balaban J connectivity index is 1.73. The molecule has 0 bridgehead atoms. The normalized spacial score (nSPS) is 25.2. The van der Waals surface area contributed by atoms with Crippen LogP contribution in [0.4, 0.5) is 0 Å². The SMILES string of the molecule is CC(=O)CC(C(=O)N1CCCC12CN(Cc1nnco1)C2=O)C(C)O. The summed E-state index contributed by atoms with van der Waals surface area (Å²) in [4.78, 5) is 40.2. The van der Waals surface area contributed by atoms with Crippen molar-refractivity contribution in [2.24, 2.45) is 5.92 Å². The van der Waals surface area contributed by atoms with Crippen molar-refractivity contribution in [3.05, 3.63) is 12.3 Å². The number of carbonyl (C=O) groups excluding carboxylic acids is 3. The molecule has 2 fully saturated rings. The summed E-state index contributed by atoms with van der Waals surface area (Å²) in [6.07, 6.45) is 1.54.